The first-order valence-electron chi connectivity index (χ1n) is 5.10. The van der Waals surface area contributed by atoms with Crippen LogP contribution < -0.4 is 5.32 Å². The second kappa shape index (κ2) is 4.94. The monoisotopic (exact) mass is 234 g/mol. The number of hydrogen-bond donors (Lipinski definition) is 1. The maximum Gasteiger partial charge on any atom is 0.226 e. The molecule has 1 unspecified atom stereocenters. The number of nitrogens with one attached hydrogen (secondary N) is 1. The lowest BCUT2D eigenvalue weighted by Gasteiger charge is -2.29. The first-order valence-corrected chi connectivity index (χ1v) is 6.92. The fourth-order valence-corrected chi connectivity index (χ4v) is 2.84. The highest BCUT2D eigenvalue weighted by molar-refractivity contribution is 7.91. The van der Waals surface area contributed by atoms with Crippen molar-refractivity contribution >= 4 is 15.7 Å². The summed E-state index contributed by atoms with van der Waals surface area (Å²) in [6, 6.07) is 0. The summed E-state index contributed by atoms with van der Waals surface area (Å²) < 4.78 is 22.3. The van der Waals surface area contributed by atoms with E-state index >= 15 is 0 Å². The van der Waals surface area contributed by atoms with Gasteiger partial charge in [-0.05, 0) is 7.05 Å². The van der Waals surface area contributed by atoms with E-state index in [-0.39, 0.29) is 23.3 Å². The highest BCUT2D eigenvalue weighted by atomic mass is 32.2. The predicted octanol–water partition coefficient (Wildman–Crippen LogP) is -0.901. The molecule has 0 bridgehead atoms. The average Bonchev–Trinajstić information content (AvgIpc) is 2.17. The van der Waals surface area contributed by atoms with Gasteiger partial charge in [-0.15, -0.1) is 0 Å². The summed E-state index contributed by atoms with van der Waals surface area (Å²) in [5.41, 5.74) is 0. The minimum atomic E-state index is -2.90. The number of rotatable bonds is 3. The third-order valence-electron chi connectivity index (χ3n) is 2.59. The maximum absolute atomic E-state index is 11.8. The van der Waals surface area contributed by atoms with Crippen molar-refractivity contribution in [3.8, 4) is 0 Å². The molecule has 0 aromatic rings. The van der Waals surface area contributed by atoms with Gasteiger partial charge in [-0.25, -0.2) is 8.42 Å². The van der Waals surface area contributed by atoms with E-state index in [4.69, 9.17) is 0 Å². The SMILES string of the molecule is CNCC(C)C(=O)N1CCS(=O)(=O)CC1. The van der Waals surface area contributed by atoms with E-state index in [0.717, 1.165) is 0 Å². The zero-order chi connectivity index (χ0) is 11.5. The molecule has 0 aromatic heterocycles. The smallest absolute Gasteiger partial charge is 0.226 e. The molecule has 0 spiro atoms. The first kappa shape index (κ1) is 12.4. The van der Waals surface area contributed by atoms with Crippen LogP contribution in [-0.4, -0.2) is 57.4 Å². The summed E-state index contributed by atoms with van der Waals surface area (Å²) in [5.74, 6) is 0.158. The quantitative estimate of drug-likeness (QED) is 0.687. The van der Waals surface area contributed by atoms with Crippen molar-refractivity contribution in [3.05, 3.63) is 0 Å². The normalized spacial score (nSPS) is 22.4. The summed E-state index contributed by atoms with van der Waals surface area (Å²) in [6.45, 7) is 3.16. The average molecular weight is 234 g/mol. The minimum absolute atomic E-state index is 0.0410. The van der Waals surface area contributed by atoms with E-state index in [9.17, 15) is 13.2 Å². The summed E-state index contributed by atoms with van der Waals surface area (Å²) in [6.07, 6.45) is 0. The number of amides is 1. The fourth-order valence-electron chi connectivity index (χ4n) is 1.64. The Bertz CT molecular complexity index is 312. The van der Waals surface area contributed by atoms with Gasteiger partial charge in [-0.2, -0.15) is 0 Å². The number of sulfone groups is 1. The number of carbonyl (C=O) groups excluding carboxylic acids is 1. The van der Waals surface area contributed by atoms with Crippen LogP contribution in [0.3, 0.4) is 0 Å². The Morgan fingerprint density at radius 1 is 1.40 bits per heavy atom. The van der Waals surface area contributed by atoms with Crippen molar-refractivity contribution in [2.75, 3.05) is 38.2 Å². The third kappa shape index (κ3) is 3.46. The Balaban J connectivity index is 2.49. The van der Waals surface area contributed by atoms with Gasteiger partial charge in [0.25, 0.3) is 0 Å². The fraction of sp³-hybridized carbons (Fsp3) is 0.889. The highest BCUT2D eigenvalue weighted by Gasteiger charge is 2.27. The largest absolute Gasteiger partial charge is 0.340 e. The van der Waals surface area contributed by atoms with Crippen LogP contribution in [0.4, 0.5) is 0 Å². The van der Waals surface area contributed by atoms with Crippen molar-refractivity contribution in [1.29, 1.82) is 0 Å². The molecule has 1 aliphatic rings. The van der Waals surface area contributed by atoms with Gasteiger partial charge in [0.1, 0.15) is 0 Å². The molecule has 88 valence electrons. The Kier molecular flexibility index (Phi) is 4.10. The zero-order valence-electron chi connectivity index (χ0n) is 9.19. The summed E-state index contributed by atoms with van der Waals surface area (Å²) in [7, 11) is -1.10. The van der Waals surface area contributed by atoms with E-state index in [1.54, 1.807) is 11.9 Å². The molecule has 6 heteroatoms. The molecular weight excluding hydrogens is 216 g/mol. The first-order chi connectivity index (χ1) is 6.96. The molecule has 1 aliphatic heterocycles. The molecule has 1 saturated heterocycles. The van der Waals surface area contributed by atoms with Gasteiger partial charge in [-0.1, -0.05) is 6.92 Å². The Morgan fingerprint density at radius 3 is 2.40 bits per heavy atom. The van der Waals surface area contributed by atoms with Gasteiger partial charge in [0, 0.05) is 25.6 Å². The van der Waals surface area contributed by atoms with Crippen LogP contribution in [-0.2, 0) is 14.6 Å². The van der Waals surface area contributed by atoms with Crippen LogP contribution in [0.1, 0.15) is 6.92 Å². The molecule has 1 rings (SSSR count). The Labute approximate surface area is 90.7 Å². The molecular formula is C9H18N2O3S. The summed E-state index contributed by atoms with van der Waals surface area (Å²) >= 11 is 0. The summed E-state index contributed by atoms with van der Waals surface area (Å²) in [4.78, 5) is 13.4. The molecule has 1 N–H and O–H groups in total. The number of hydrogen-bond acceptors (Lipinski definition) is 4. The minimum Gasteiger partial charge on any atom is -0.340 e. The molecule has 1 fully saturated rings. The van der Waals surface area contributed by atoms with Crippen LogP contribution in [0, 0.1) is 5.92 Å². The van der Waals surface area contributed by atoms with Gasteiger partial charge < -0.3 is 10.2 Å². The molecule has 1 atom stereocenters. The van der Waals surface area contributed by atoms with E-state index in [1.165, 1.54) is 0 Å². The van der Waals surface area contributed by atoms with Crippen molar-refractivity contribution in [2.45, 2.75) is 6.92 Å². The third-order valence-corrected chi connectivity index (χ3v) is 4.20. The van der Waals surface area contributed by atoms with Crippen LogP contribution in [0.15, 0.2) is 0 Å². The van der Waals surface area contributed by atoms with E-state index in [0.29, 0.717) is 19.6 Å². The molecule has 0 aliphatic carbocycles. The lowest BCUT2D eigenvalue weighted by Crippen LogP contribution is -2.47. The van der Waals surface area contributed by atoms with Crippen molar-refractivity contribution in [3.63, 3.8) is 0 Å². The lowest BCUT2D eigenvalue weighted by atomic mass is 10.1. The second-order valence-corrected chi connectivity index (χ2v) is 6.24. The van der Waals surface area contributed by atoms with Crippen molar-refractivity contribution in [2.24, 2.45) is 5.92 Å². The van der Waals surface area contributed by atoms with E-state index in [2.05, 4.69) is 5.32 Å². The van der Waals surface area contributed by atoms with E-state index < -0.39 is 9.84 Å². The molecule has 1 amide bonds. The van der Waals surface area contributed by atoms with Gasteiger partial charge in [0.15, 0.2) is 9.84 Å². The van der Waals surface area contributed by atoms with Gasteiger partial charge >= 0.3 is 0 Å². The molecule has 0 radical (unpaired) electrons. The number of carbonyl (C=O) groups is 1. The predicted molar refractivity (Wildman–Crippen MR) is 58.3 cm³/mol. The molecule has 15 heavy (non-hydrogen) atoms. The molecule has 5 nitrogen and oxygen atoms in total. The second-order valence-electron chi connectivity index (χ2n) is 3.94. The van der Waals surface area contributed by atoms with Crippen LogP contribution in [0.2, 0.25) is 0 Å². The van der Waals surface area contributed by atoms with Gasteiger partial charge in [0.2, 0.25) is 5.91 Å². The molecule has 0 aromatic carbocycles. The van der Waals surface area contributed by atoms with Crippen LogP contribution in [0.25, 0.3) is 0 Å². The van der Waals surface area contributed by atoms with Crippen LogP contribution in [0.5, 0.6) is 0 Å². The summed E-state index contributed by atoms with van der Waals surface area (Å²) in [5, 5.41) is 2.94. The van der Waals surface area contributed by atoms with Crippen molar-refractivity contribution < 1.29 is 13.2 Å². The van der Waals surface area contributed by atoms with Gasteiger partial charge in [-0.3, -0.25) is 4.79 Å². The Hall–Kier alpha value is -0.620. The van der Waals surface area contributed by atoms with Crippen LogP contribution >= 0.6 is 0 Å². The standard InChI is InChI=1S/C9H18N2O3S/c1-8(7-10-2)9(12)11-3-5-15(13,14)6-4-11/h8,10H,3-7H2,1-2H3. The number of nitrogens with zero attached hydrogens (tertiary/aromatic N) is 1. The topological polar surface area (TPSA) is 66.5 Å². The molecule has 1 heterocycles. The Morgan fingerprint density at radius 2 is 1.93 bits per heavy atom. The van der Waals surface area contributed by atoms with Crippen molar-refractivity contribution in [1.82, 2.24) is 10.2 Å². The zero-order valence-corrected chi connectivity index (χ0v) is 10.0. The van der Waals surface area contributed by atoms with E-state index in [1.807, 2.05) is 6.92 Å². The molecule has 0 saturated carbocycles. The maximum atomic E-state index is 11.8. The highest BCUT2D eigenvalue weighted by Crippen LogP contribution is 2.08. The lowest BCUT2D eigenvalue weighted by molar-refractivity contribution is -0.134. The van der Waals surface area contributed by atoms with Gasteiger partial charge in [0.05, 0.1) is 11.5 Å².